The van der Waals surface area contributed by atoms with Crippen LogP contribution < -0.4 is 0 Å². The lowest BCUT2D eigenvalue weighted by Gasteiger charge is -2.23. The molecule has 1 aromatic carbocycles. The zero-order valence-corrected chi connectivity index (χ0v) is 15.7. The van der Waals surface area contributed by atoms with E-state index in [0.717, 1.165) is 31.0 Å². The summed E-state index contributed by atoms with van der Waals surface area (Å²) in [5.74, 6) is 0. The molecule has 0 unspecified atom stereocenters. The second-order valence-electron chi connectivity index (χ2n) is 6.02. The first-order chi connectivity index (χ1) is 11.3. The first-order valence-electron chi connectivity index (χ1n) is 8.04. The molecule has 0 radical (unpaired) electrons. The Morgan fingerprint density at radius 2 is 1.75 bits per heavy atom. The summed E-state index contributed by atoms with van der Waals surface area (Å²) in [5, 5.41) is 0.794. The van der Waals surface area contributed by atoms with Gasteiger partial charge in [-0.25, -0.2) is 4.79 Å². The average Bonchev–Trinajstić information content (AvgIpc) is 3.03. The molecule has 5 nitrogen and oxygen atoms in total. The standard InChI is InChI=1S/C9H17NO2.C6H5Cl.C3H6O2/c1-9(2,3)12-8(11)10-6-4-5-7-10;7-6-4-2-1-3-5-6;1-2-5-3-4/h4-7H2,1-3H3;1-5H;3H,2H2,1H3. The number of hydrogen-bond donors (Lipinski definition) is 0. The highest BCUT2D eigenvalue weighted by atomic mass is 35.5. The van der Waals surface area contributed by atoms with Crippen molar-refractivity contribution in [1.29, 1.82) is 0 Å². The maximum atomic E-state index is 11.4. The van der Waals surface area contributed by atoms with E-state index in [1.807, 2.05) is 51.1 Å². The topological polar surface area (TPSA) is 55.8 Å². The van der Waals surface area contributed by atoms with Crippen LogP contribution in [0.3, 0.4) is 0 Å². The maximum Gasteiger partial charge on any atom is 0.410 e. The van der Waals surface area contributed by atoms with Crippen molar-refractivity contribution in [2.45, 2.75) is 46.1 Å². The van der Waals surface area contributed by atoms with Gasteiger partial charge in [0, 0.05) is 18.1 Å². The van der Waals surface area contributed by atoms with E-state index in [9.17, 15) is 9.59 Å². The highest BCUT2D eigenvalue weighted by Crippen LogP contribution is 2.14. The van der Waals surface area contributed by atoms with E-state index in [0.29, 0.717) is 13.1 Å². The molecule has 0 saturated carbocycles. The van der Waals surface area contributed by atoms with Gasteiger partial charge in [-0.3, -0.25) is 4.79 Å². The number of halogens is 1. The SMILES string of the molecule is CC(C)(C)OC(=O)N1CCCC1.CCOC=O.Clc1ccccc1. The third-order valence-corrected chi connectivity index (χ3v) is 2.98. The third kappa shape index (κ3) is 12.8. The second kappa shape index (κ2) is 12.6. The van der Waals surface area contributed by atoms with Gasteiger partial charge in [-0.15, -0.1) is 0 Å². The van der Waals surface area contributed by atoms with Crippen LogP contribution in [0.5, 0.6) is 0 Å². The largest absolute Gasteiger partial charge is 0.468 e. The van der Waals surface area contributed by atoms with Gasteiger partial charge in [0.05, 0.1) is 6.61 Å². The number of carbonyl (C=O) groups excluding carboxylic acids is 2. The predicted molar refractivity (Wildman–Crippen MR) is 96.2 cm³/mol. The number of amides is 1. The normalized spacial score (nSPS) is 13.0. The molecular weight excluding hydrogens is 330 g/mol. The van der Waals surface area contributed by atoms with Crippen LogP contribution in [0.1, 0.15) is 40.5 Å². The van der Waals surface area contributed by atoms with Gasteiger partial charge in [-0.05, 0) is 52.7 Å². The number of nitrogens with zero attached hydrogens (tertiary/aromatic N) is 1. The van der Waals surface area contributed by atoms with E-state index in [-0.39, 0.29) is 11.7 Å². The summed E-state index contributed by atoms with van der Waals surface area (Å²) >= 11 is 5.54. The fourth-order valence-corrected chi connectivity index (χ4v) is 1.85. The number of rotatable bonds is 2. The van der Waals surface area contributed by atoms with Crippen LogP contribution in [0, 0.1) is 0 Å². The van der Waals surface area contributed by atoms with Crippen molar-refractivity contribution < 1.29 is 19.1 Å². The van der Waals surface area contributed by atoms with Gasteiger partial charge in [0.25, 0.3) is 6.47 Å². The first-order valence-corrected chi connectivity index (χ1v) is 8.41. The fourth-order valence-electron chi connectivity index (χ4n) is 1.71. The number of ether oxygens (including phenoxy) is 2. The molecule has 1 aromatic rings. The fraction of sp³-hybridized carbons (Fsp3) is 0.556. The van der Waals surface area contributed by atoms with Crippen LogP contribution in [-0.4, -0.2) is 42.8 Å². The summed E-state index contributed by atoms with van der Waals surface area (Å²) in [6.45, 7) is 10.0. The molecule has 1 saturated heterocycles. The molecular formula is C18H28ClNO4. The van der Waals surface area contributed by atoms with Crippen molar-refractivity contribution in [2.75, 3.05) is 19.7 Å². The number of likely N-dealkylation sites (tertiary alicyclic amines) is 1. The molecule has 1 heterocycles. The first kappa shape index (κ1) is 22.2. The molecule has 1 fully saturated rings. The lowest BCUT2D eigenvalue weighted by Crippen LogP contribution is -2.34. The minimum atomic E-state index is -0.361. The van der Waals surface area contributed by atoms with Crippen LogP contribution in [0.15, 0.2) is 30.3 Å². The number of benzene rings is 1. The third-order valence-electron chi connectivity index (χ3n) is 2.73. The Bertz CT molecular complexity index is 454. The van der Waals surface area contributed by atoms with Gasteiger partial charge < -0.3 is 14.4 Å². The Labute approximate surface area is 149 Å². The summed E-state index contributed by atoms with van der Waals surface area (Å²) in [6, 6.07) is 9.44. The van der Waals surface area contributed by atoms with Gasteiger partial charge in [-0.1, -0.05) is 29.8 Å². The van der Waals surface area contributed by atoms with Crippen molar-refractivity contribution in [3.63, 3.8) is 0 Å². The average molecular weight is 358 g/mol. The summed E-state index contributed by atoms with van der Waals surface area (Å²) in [6.07, 6.45) is 2.05. The van der Waals surface area contributed by atoms with E-state index in [4.69, 9.17) is 16.3 Å². The highest BCUT2D eigenvalue weighted by Gasteiger charge is 2.23. The lowest BCUT2D eigenvalue weighted by atomic mass is 10.2. The molecule has 24 heavy (non-hydrogen) atoms. The molecule has 1 aliphatic heterocycles. The van der Waals surface area contributed by atoms with Crippen molar-refractivity contribution in [1.82, 2.24) is 4.90 Å². The molecule has 1 aliphatic rings. The van der Waals surface area contributed by atoms with Gasteiger partial charge in [0.1, 0.15) is 5.60 Å². The molecule has 2 rings (SSSR count). The Balaban J connectivity index is 0.000000373. The molecule has 1 amide bonds. The zero-order valence-electron chi connectivity index (χ0n) is 15.0. The van der Waals surface area contributed by atoms with E-state index < -0.39 is 0 Å². The molecule has 0 N–H and O–H groups in total. The summed E-state index contributed by atoms with van der Waals surface area (Å²) in [5.41, 5.74) is -0.361. The van der Waals surface area contributed by atoms with Gasteiger partial charge in [0.15, 0.2) is 0 Å². The molecule has 0 atom stereocenters. The minimum absolute atomic E-state index is 0.167. The van der Waals surface area contributed by atoms with Crippen LogP contribution in [0.25, 0.3) is 0 Å². The van der Waals surface area contributed by atoms with E-state index in [1.54, 1.807) is 11.8 Å². The number of carbonyl (C=O) groups is 2. The molecule has 6 heteroatoms. The van der Waals surface area contributed by atoms with Crippen LogP contribution in [0.4, 0.5) is 4.79 Å². The summed E-state index contributed by atoms with van der Waals surface area (Å²) in [4.78, 5) is 22.3. The van der Waals surface area contributed by atoms with Gasteiger partial charge >= 0.3 is 6.09 Å². The molecule has 136 valence electrons. The zero-order chi connectivity index (χ0) is 18.4. The Hall–Kier alpha value is -1.75. The Morgan fingerprint density at radius 1 is 1.21 bits per heavy atom. The van der Waals surface area contributed by atoms with Crippen LogP contribution in [-0.2, 0) is 14.3 Å². The van der Waals surface area contributed by atoms with Crippen LogP contribution in [0.2, 0.25) is 5.02 Å². The van der Waals surface area contributed by atoms with E-state index >= 15 is 0 Å². The molecule has 0 aliphatic carbocycles. The summed E-state index contributed by atoms with van der Waals surface area (Å²) in [7, 11) is 0. The minimum Gasteiger partial charge on any atom is -0.468 e. The highest BCUT2D eigenvalue weighted by molar-refractivity contribution is 6.30. The lowest BCUT2D eigenvalue weighted by molar-refractivity contribution is -0.128. The van der Waals surface area contributed by atoms with Crippen molar-refractivity contribution in [3.05, 3.63) is 35.4 Å². The Kier molecular flexibility index (Phi) is 11.7. The van der Waals surface area contributed by atoms with Crippen molar-refractivity contribution >= 4 is 24.2 Å². The van der Waals surface area contributed by atoms with Gasteiger partial charge in [-0.2, -0.15) is 0 Å². The van der Waals surface area contributed by atoms with E-state index in [1.165, 1.54) is 0 Å². The Morgan fingerprint density at radius 3 is 2.04 bits per heavy atom. The van der Waals surface area contributed by atoms with Crippen molar-refractivity contribution in [2.24, 2.45) is 0 Å². The monoisotopic (exact) mass is 357 g/mol. The van der Waals surface area contributed by atoms with Crippen LogP contribution >= 0.6 is 11.6 Å². The van der Waals surface area contributed by atoms with E-state index in [2.05, 4.69) is 4.74 Å². The smallest absolute Gasteiger partial charge is 0.410 e. The predicted octanol–water partition coefficient (Wildman–Crippen LogP) is 4.54. The molecule has 0 spiro atoms. The van der Waals surface area contributed by atoms with Gasteiger partial charge in [0.2, 0.25) is 0 Å². The number of hydrogen-bond acceptors (Lipinski definition) is 4. The summed E-state index contributed by atoms with van der Waals surface area (Å²) < 4.78 is 9.36. The quantitative estimate of drug-likeness (QED) is 0.729. The molecule has 0 bridgehead atoms. The van der Waals surface area contributed by atoms with Crippen molar-refractivity contribution in [3.8, 4) is 0 Å². The molecule has 0 aromatic heterocycles. The maximum absolute atomic E-state index is 11.4. The second-order valence-corrected chi connectivity index (χ2v) is 6.46.